The number of aryl methyl sites for hydroxylation is 1. The Morgan fingerprint density at radius 2 is 1.73 bits per heavy atom. The normalized spacial score (nSPS) is 11.5. The zero-order chi connectivity index (χ0) is 24.2. The number of amides is 1. The SMILES string of the molecule is Cc1ccc(S(=O)(=O)Oc2c(Cl)cc(Cl)cc2/C=C(\C#N)C(=O)Nc2cccc(Cl)c2)cc1. The summed E-state index contributed by atoms with van der Waals surface area (Å²) >= 11 is 18.2. The van der Waals surface area contributed by atoms with Crippen LogP contribution in [0.3, 0.4) is 0 Å². The van der Waals surface area contributed by atoms with Gasteiger partial charge in [0.25, 0.3) is 5.91 Å². The van der Waals surface area contributed by atoms with Gasteiger partial charge in [0.1, 0.15) is 16.5 Å². The fourth-order valence-electron chi connectivity index (χ4n) is 2.71. The van der Waals surface area contributed by atoms with E-state index in [1.807, 2.05) is 6.92 Å². The second-order valence-electron chi connectivity index (χ2n) is 6.79. The number of halogens is 3. The van der Waals surface area contributed by atoms with Crippen molar-refractivity contribution in [1.82, 2.24) is 0 Å². The monoisotopic (exact) mass is 520 g/mol. The fourth-order valence-corrected chi connectivity index (χ4v) is 4.46. The minimum Gasteiger partial charge on any atom is -0.377 e. The summed E-state index contributed by atoms with van der Waals surface area (Å²) in [6.45, 7) is 1.81. The Kier molecular flexibility index (Phi) is 7.67. The van der Waals surface area contributed by atoms with Crippen LogP contribution >= 0.6 is 34.8 Å². The molecule has 168 valence electrons. The molecule has 0 aliphatic rings. The second-order valence-corrected chi connectivity index (χ2v) is 9.62. The van der Waals surface area contributed by atoms with E-state index < -0.39 is 16.0 Å². The van der Waals surface area contributed by atoms with Crippen LogP contribution in [-0.4, -0.2) is 14.3 Å². The van der Waals surface area contributed by atoms with Crippen LogP contribution in [0.5, 0.6) is 5.75 Å². The standard InChI is InChI=1S/C23H15Cl3N2O4S/c1-14-5-7-20(8-6-14)33(30,31)32-22-15(10-18(25)12-21(22)26)9-16(13-27)23(29)28-19-4-2-3-17(24)11-19/h2-12H,1H3,(H,28,29)/b16-9+. The molecule has 0 saturated heterocycles. The number of nitriles is 1. The zero-order valence-corrected chi connectivity index (χ0v) is 20.1. The number of rotatable bonds is 6. The molecule has 0 aliphatic heterocycles. The minimum absolute atomic E-state index is 0.0287. The quantitative estimate of drug-likeness (QED) is 0.234. The highest BCUT2D eigenvalue weighted by Gasteiger charge is 2.22. The topological polar surface area (TPSA) is 96.3 Å². The average Bonchev–Trinajstić information content (AvgIpc) is 2.74. The predicted octanol–water partition coefficient (Wildman–Crippen LogP) is 6.27. The lowest BCUT2D eigenvalue weighted by atomic mass is 10.1. The first-order valence-electron chi connectivity index (χ1n) is 9.28. The van der Waals surface area contributed by atoms with Crippen LogP contribution in [0, 0.1) is 18.3 Å². The molecule has 0 saturated carbocycles. The predicted molar refractivity (Wildman–Crippen MR) is 129 cm³/mol. The van der Waals surface area contributed by atoms with E-state index in [1.54, 1.807) is 36.4 Å². The van der Waals surface area contributed by atoms with E-state index >= 15 is 0 Å². The molecule has 1 amide bonds. The van der Waals surface area contributed by atoms with E-state index in [9.17, 15) is 18.5 Å². The van der Waals surface area contributed by atoms with Gasteiger partial charge in [-0.1, -0.05) is 58.6 Å². The van der Waals surface area contributed by atoms with E-state index in [0.717, 1.165) is 11.6 Å². The molecule has 0 spiro atoms. The van der Waals surface area contributed by atoms with E-state index in [0.29, 0.717) is 10.7 Å². The van der Waals surface area contributed by atoms with E-state index in [1.165, 1.54) is 30.3 Å². The van der Waals surface area contributed by atoms with Gasteiger partial charge in [-0.15, -0.1) is 0 Å². The fraction of sp³-hybridized carbons (Fsp3) is 0.0435. The van der Waals surface area contributed by atoms with Crippen LogP contribution in [0.15, 0.2) is 71.1 Å². The summed E-state index contributed by atoms with van der Waals surface area (Å²) in [5.41, 5.74) is 0.926. The molecular formula is C23H15Cl3N2O4S. The maximum atomic E-state index is 12.8. The van der Waals surface area contributed by atoms with E-state index in [-0.39, 0.29) is 31.8 Å². The molecule has 3 rings (SSSR count). The Bertz CT molecular complexity index is 1400. The highest BCUT2D eigenvalue weighted by molar-refractivity contribution is 7.87. The molecule has 3 aromatic rings. The van der Waals surface area contributed by atoms with Crippen LogP contribution in [0.2, 0.25) is 15.1 Å². The highest BCUT2D eigenvalue weighted by atomic mass is 35.5. The number of carbonyl (C=O) groups is 1. The summed E-state index contributed by atoms with van der Waals surface area (Å²) in [4.78, 5) is 12.5. The molecule has 0 radical (unpaired) electrons. The lowest BCUT2D eigenvalue weighted by molar-refractivity contribution is -0.112. The van der Waals surface area contributed by atoms with Crippen molar-refractivity contribution < 1.29 is 17.4 Å². The van der Waals surface area contributed by atoms with Crippen LogP contribution in [0.4, 0.5) is 5.69 Å². The molecule has 0 aliphatic carbocycles. The summed E-state index contributed by atoms with van der Waals surface area (Å²) in [6.07, 6.45) is 1.14. The van der Waals surface area contributed by atoms with Gasteiger partial charge < -0.3 is 9.50 Å². The summed E-state index contributed by atoms with van der Waals surface area (Å²) in [6, 6.07) is 16.8. The Hall–Kier alpha value is -3.02. The first-order valence-corrected chi connectivity index (χ1v) is 11.8. The summed E-state index contributed by atoms with van der Waals surface area (Å²) in [5, 5.41) is 12.5. The molecule has 0 aromatic heterocycles. The van der Waals surface area contributed by atoms with Gasteiger partial charge in [0, 0.05) is 21.3 Å². The molecule has 0 fully saturated rings. The lowest BCUT2D eigenvalue weighted by Gasteiger charge is -2.13. The van der Waals surface area contributed by atoms with Crippen molar-refractivity contribution in [2.45, 2.75) is 11.8 Å². The number of nitrogens with zero attached hydrogens (tertiary/aromatic N) is 1. The number of hydrogen-bond donors (Lipinski definition) is 1. The molecule has 1 N–H and O–H groups in total. The smallest absolute Gasteiger partial charge is 0.339 e. The number of carbonyl (C=O) groups excluding carboxylic acids is 1. The van der Waals surface area contributed by atoms with Crippen molar-refractivity contribution in [1.29, 1.82) is 5.26 Å². The van der Waals surface area contributed by atoms with Gasteiger partial charge in [-0.2, -0.15) is 13.7 Å². The molecule has 0 bridgehead atoms. The maximum absolute atomic E-state index is 12.8. The van der Waals surface area contributed by atoms with Crippen molar-refractivity contribution in [2.24, 2.45) is 0 Å². The third kappa shape index (κ3) is 6.28. The van der Waals surface area contributed by atoms with Crippen molar-refractivity contribution in [3.8, 4) is 11.8 Å². The summed E-state index contributed by atoms with van der Waals surface area (Å²) in [5.74, 6) is -1.02. The largest absolute Gasteiger partial charge is 0.377 e. The van der Waals surface area contributed by atoms with Crippen LogP contribution < -0.4 is 9.50 Å². The number of hydrogen-bond acceptors (Lipinski definition) is 5. The van der Waals surface area contributed by atoms with Gasteiger partial charge in [-0.3, -0.25) is 4.79 Å². The molecule has 3 aromatic carbocycles. The Balaban J connectivity index is 2.00. The van der Waals surface area contributed by atoms with Crippen molar-refractivity contribution in [3.05, 3.63) is 92.4 Å². The first kappa shape index (κ1) is 24.6. The maximum Gasteiger partial charge on any atom is 0.339 e. The van der Waals surface area contributed by atoms with Gasteiger partial charge in [0.15, 0.2) is 5.75 Å². The van der Waals surface area contributed by atoms with Crippen molar-refractivity contribution in [3.63, 3.8) is 0 Å². The third-order valence-electron chi connectivity index (χ3n) is 4.29. The molecule has 6 nitrogen and oxygen atoms in total. The van der Waals surface area contributed by atoms with Crippen molar-refractivity contribution in [2.75, 3.05) is 5.32 Å². The first-order chi connectivity index (χ1) is 15.6. The van der Waals surface area contributed by atoms with Gasteiger partial charge >= 0.3 is 10.1 Å². The lowest BCUT2D eigenvalue weighted by Crippen LogP contribution is -2.14. The highest BCUT2D eigenvalue weighted by Crippen LogP contribution is 2.36. The van der Waals surface area contributed by atoms with Gasteiger partial charge in [-0.05, 0) is 55.5 Å². The number of nitrogens with one attached hydrogen (secondary N) is 1. The molecule has 0 unspecified atom stereocenters. The number of anilines is 1. The molecule has 33 heavy (non-hydrogen) atoms. The second kappa shape index (κ2) is 10.3. The van der Waals surface area contributed by atoms with Crippen LogP contribution in [0.25, 0.3) is 6.08 Å². The minimum atomic E-state index is -4.26. The average molecular weight is 522 g/mol. The Morgan fingerprint density at radius 1 is 1.03 bits per heavy atom. The van der Waals surface area contributed by atoms with Gasteiger partial charge in [0.2, 0.25) is 0 Å². The Labute approximate surface area is 206 Å². The zero-order valence-electron chi connectivity index (χ0n) is 17.0. The van der Waals surface area contributed by atoms with Gasteiger partial charge in [-0.25, -0.2) is 0 Å². The van der Waals surface area contributed by atoms with Crippen LogP contribution in [0.1, 0.15) is 11.1 Å². The third-order valence-corrected chi connectivity index (χ3v) is 6.26. The summed E-state index contributed by atoms with van der Waals surface area (Å²) < 4.78 is 30.8. The molecule has 10 heteroatoms. The van der Waals surface area contributed by atoms with Crippen molar-refractivity contribution >= 4 is 62.6 Å². The van der Waals surface area contributed by atoms with E-state index in [2.05, 4.69) is 5.32 Å². The molecule has 0 atom stereocenters. The van der Waals surface area contributed by atoms with E-state index in [4.69, 9.17) is 39.0 Å². The Morgan fingerprint density at radius 3 is 2.36 bits per heavy atom. The molecular weight excluding hydrogens is 507 g/mol. The number of benzene rings is 3. The summed E-state index contributed by atoms with van der Waals surface area (Å²) in [7, 11) is -4.26. The van der Waals surface area contributed by atoms with Crippen LogP contribution in [-0.2, 0) is 14.9 Å². The molecule has 0 heterocycles. The van der Waals surface area contributed by atoms with Gasteiger partial charge in [0.05, 0.1) is 5.02 Å².